The van der Waals surface area contributed by atoms with Crippen LogP contribution in [-0.2, 0) is 4.74 Å². The molecule has 5 heteroatoms. The van der Waals surface area contributed by atoms with Crippen LogP contribution in [0, 0.1) is 0 Å². The number of rotatable bonds is 4. The van der Waals surface area contributed by atoms with Gasteiger partial charge in [0.2, 0.25) is 0 Å². The summed E-state index contributed by atoms with van der Waals surface area (Å²) in [6, 6.07) is 8.12. The molecule has 5 nitrogen and oxygen atoms in total. The molecule has 1 aromatic carbocycles. The van der Waals surface area contributed by atoms with Crippen molar-refractivity contribution >= 4 is 22.7 Å². The van der Waals surface area contributed by atoms with E-state index in [2.05, 4.69) is 15.3 Å². The number of ether oxygens (including phenoxy) is 1. The zero-order valence-corrected chi connectivity index (χ0v) is 11.0. The minimum absolute atomic E-state index is 0.372. The number of fused-ring (bicyclic) bond motifs is 1. The van der Waals surface area contributed by atoms with E-state index in [0.717, 1.165) is 30.5 Å². The van der Waals surface area contributed by atoms with Crippen molar-refractivity contribution in [2.45, 2.75) is 31.9 Å². The lowest BCUT2D eigenvalue weighted by Crippen LogP contribution is -2.41. The molecule has 0 amide bonds. The van der Waals surface area contributed by atoms with Crippen molar-refractivity contribution in [1.29, 1.82) is 0 Å². The molecule has 0 atom stereocenters. The first-order valence-corrected chi connectivity index (χ1v) is 6.66. The van der Waals surface area contributed by atoms with E-state index in [9.17, 15) is 0 Å². The maximum absolute atomic E-state index is 5.94. The Kier molecular flexibility index (Phi) is 3.21. The van der Waals surface area contributed by atoms with Gasteiger partial charge in [-0.3, -0.25) is 0 Å². The van der Waals surface area contributed by atoms with E-state index in [0.29, 0.717) is 23.8 Å². The number of nitrogen functional groups attached to an aromatic ring is 1. The Labute approximate surface area is 112 Å². The first kappa shape index (κ1) is 12.2. The van der Waals surface area contributed by atoms with E-state index in [4.69, 9.17) is 10.5 Å². The van der Waals surface area contributed by atoms with Crippen molar-refractivity contribution < 1.29 is 4.74 Å². The van der Waals surface area contributed by atoms with Crippen molar-refractivity contribution in [2.24, 2.45) is 0 Å². The molecule has 3 N–H and O–H groups in total. The number of hydrogen-bond donors (Lipinski definition) is 2. The second-order valence-electron chi connectivity index (χ2n) is 4.84. The van der Waals surface area contributed by atoms with E-state index in [1.54, 1.807) is 0 Å². The van der Waals surface area contributed by atoms with Gasteiger partial charge in [-0.2, -0.15) is 0 Å². The summed E-state index contributed by atoms with van der Waals surface area (Å²) in [5.41, 5.74) is 7.63. The minimum atomic E-state index is 0.372. The Hall–Kier alpha value is -1.88. The summed E-state index contributed by atoms with van der Waals surface area (Å²) in [5.74, 6) is 1.14. The number of anilines is 2. The van der Waals surface area contributed by atoms with E-state index in [-0.39, 0.29) is 0 Å². The van der Waals surface area contributed by atoms with Crippen molar-refractivity contribution in [1.82, 2.24) is 9.97 Å². The first-order chi connectivity index (χ1) is 9.26. The summed E-state index contributed by atoms with van der Waals surface area (Å²) in [7, 11) is 0. The van der Waals surface area contributed by atoms with Crippen molar-refractivity contribution in [3.63, 3.8) is 0 Å². The number of para-hydroxylation sites is 2. The Balaban J connectivity index is 1.73. The average Bonchev–Trinajstić information content (AvgIpc) is 2.37. The van der Waals surface area contributed by atoms with Crippen molar-refractivity contribution in [2.75, 3.05) is 17.7 Å². The molecule has 0 spiro atoms. The van der Waals surface area contributed by atoms with Gasteiger partial charge in [0.1, 0.15) is 0 Å². The minimum Gasteiger partial charge on any atom is -0.381 e. The quantitative estimate of drug-likeness (QED) is 0.879. The highest BCUT2D eigenvalue weighted by Gasteiger charge is 2.30. The average molecular weight is 258 g/mol. The van der Waals surface area contributed by atoms with Crippen LogP contribution in [0.1, 0.15) is 19.8 Å². The summed E-state index contributed by atoms with van der Waals surface area (Å²) in [6.45, 7) is 2.79. The summed E-state index contributed by atoms with van der Waals surface area (Å²) >= 11 is 0. The lowest BCUT2D eigenvalue weighted by Gasteiger charge is -2.35. The number of nitrogens with one attached hydrogen (secondary N) is 1. The molecule has 1 fully saturated rings. The topological polar surface area (TPSA) is 73.1 Å². The summed E-state index contributed by atoms with van der Waals surface area (Å²) in [4.78, 5) is 8.89. The highest BCUT2D eigenvalue weighted by molar-refractivity contribution is 5.79. The number of hydrogen-bond acceptors (Lipinski definition) is 5. The standard InChI is InChI=1S/C14H18N4O/c1-2-19-10-7-9(8-10)16-14-13(15)17-11-5-3-4-6-12(11)18-14/h3-6,9-10H,2,7-8H2,1H3,(H2,15,17)(H,16,18). The summed E-state index contributed by atoms with van der Waals surface area (Å²) in [5, 5.41) is 3.35. The molecule has 1 aromatic heterocycles. The van der Waals surface area contributed by atoms with Gasteiger partial charge in [0.05, 0.1) is 17.1 Å². The lowest BCUT2D eigenvalue weighted by molar-refractivity contribution is 0.00294. The van der Waals surface area contributed by atoms with Crippen LogP contribution in [-0.4, -0.2) is 28.7 Å². The van der Waals surface area contributed by atoms with Gasteiger partial charge in [0.25, 0.3) is 0 Å². The fourth-order valence-electron chi connectivity index (χ4n) is 2.37. The summed E-state index contributed by atoms with van der Waals surface area (Å²) in [6.07, 6.45) is 2.38. The fraction of sp³-hybridized carbons (Fsp3) is 0.429. The maximum atomic E-state index is 5.94. The largest absolute Gasteiger partial charge is 0.381 e. The van der Waals surface area contributed by atoms with Gasteiger partial charge in [-0.1, -0.05) is 12.1 Å². The molecule has 1 aliphatic rings. The SMILES string of the molecule is CCOC1CC(Nc2nc3ccccc3nc2N)C1. The number of aromatic nitrogens is 2. The highest BCUT2D eigenvalue weighted by atomic mass is 16.5. The zero-order valence-electron chi connectivity index (χ0n) is 11.0. The van der Waals surface area contributed by atoms with E-state index in [1.807, 2.05) is 31.2 Å². The molecule has 1 saturated carbocycles. The Morgan fingerprint density at radius 1 is 1.26 bits per heavy atom. The second-order valence-corrected chi connectivity index (χ2v) is 4.84. The molecule has 19 heavy (non-hydrogen) atoms. The second kappa shape index (κ2) is 5.01. The number of nitrogens with two attached hydrogens (primary N) is 1. The van der Waals surface area contributed by atoms with Crippen LogP contribution >= 0.6 is 0 Å². The van der Waals surface area contributed by atoms with Gasteiger partial charge in [-0.15, -0.1) is 0 Å². The van der Waals surface area contributed by atoms with E-state index < -0.39 is 0 Å². The fourth-order valence-corrected chi connectivity index (χ4v) is 2.37. The normalized spacial score (nSPS) is 22.2. The zero-order chi connectivity index (χ0) is 13.2. The molecule has 3 rings (SSSR count). The van der Waals surface area contributed by atoms with Crippen LogP contribution in [0.25, 0.3) is 11.0 Å². The Morgan fingerprint density at radius 2 is 1.95 bits per heavy atom. The molecule has 0 saturated heterocycles. The van der Waals surface area contributed by atoms with Crippen LogP contribution < -0.4 is 11.1 Å². The molecule has 0 radical (unpaired) electrons. The van der Waals surface area contributed by atoms with Gasteiger partial charge in [-0.05, 0) is 31.9 Å². The molecule has 1 heterocycles. The molecule has 2 aromatic rings. The third-order valence-corrected chi connectivity index (χ3v) is 3.44. The monoisotopic (exact) mass is 258 g/mol. The number of nitrogens with zero attached hydrogens (tertiary/aromatic N) is 2. The molecule has 1 aliphatic carbocycles. The number of benzene rings is 1. The van der Waals surface area contributed by atoms with Crippen molar-refractivity contribution in [3.05, 3.63) is 24.3 Å². The molecule has 0 aliphatic heterocycles. The third kappa shape index (κ3) is 2.46. The van der Waals surface area contributed by atoms with Gasteiger partial charge >= 0.3 is 0 Å². The van der Waals surface area contributed by atoms with Crippen LogP contribution in [0.4, 0.5) is 11.6 Å². The first-order valence-electron chi connectivity index (χ1n) is 6.66. The van der Waals surface area contributed by atoms with E-state index >= 15 is 0 Å². The smallest absolute Gasteiger partial charge is 0.169 e. The third-order valence-electron chi connectivity index (χ3n) is 3.44. The van der Waals surface area contributed by atoms with Crippen molar-refractivity contribution in [3.8, 4) is 0 Å². The van der Waals surface area contributed by atoms with Crippen LogP contribution in [0.2, 0.25) is 0 Å². The molecule has 0 unspecified atom stereocenters. The molecular formula is C14H18N4O. The van der Waals surface area contributed by atoms with Crippen LogP contribution in [0.15, 0.2) is 24.3 Å². The Bertz CT molecular complexity index is 581. The van der Waals surface area contributed by atoms with Crippen LogP contribution in [0.3, 0.4) is 0 Å². The van der Waals surface area contributed by atoms with Gasteiger partial charge in [0, 0.05) is 12.6 Å². The van der Waals surface area contributed by atoms with E-state index in [1.165, 1.54) is 0 Å². The molecular weight excluding hydrogens is 240 g/mol. The molecule has 0 bridgehead atoms. The summed E-state index contributed by atoms with van der Waals surface area (Å²) < 4.78 is 5.54. The Morgan fingerprint density at radius 3 is 2.63 bits per heavy atom. The predicted molar refractivity (Wildman–Crippen MR) is 76.0 cm³/mol. The molecule has 100 valence electrons. The predicted octanol–water partition coefficient (Wildman–Crippen LogP) is 2.19. The van der Waals surface area contributed by atoms with Crippen LogP contribution in [0.5, 0.6) is 0 Å². The highest BCUT2D eigenvalue weighted by Crippen LogP contribution is 2.28. The van der Waals surface area contributed by atoms with Gasteiger partial charge in [0.15, 0.2) is 11.6 Å². The van der Waals surface area contributed by atoms with Gasteiger partial charge in [-0.25, -0.2) is 9.97 Å². The maximum Gasteiger partial charge on any atom is 0.169 e. The van der Waals surface area contributed by atoms with Gasteiger partial charge < -0.3 is 15.8 Å². The lowest BCUT2D eigenvalue weighted by atomic mass is 9.89.